The molecule has 0 fully saturated rings. The summed E-state index contributed by atoms with van der Waals surface area (Å²) in [6, 6.07) is 19.9. The van der Waals surface area contributed by atoms with Crippen molar-refractivity contribution in [1.29, 1.82) is 0 Å². The number of aromatic nitrogens is 3. The molecule has 1 amide bonds. The van der Waals surface area contributed by atoms with Crippen molar-refractivity contribution >= 4 is 34.2 Å². The summed E-state index contributed by atoms with van der Waals surface area (Å²) >= 11 is 1.41. The highest BCUT2D eigenvalue weighted by Gasteiger charge is 2.31. The summed E-state index contributed by atoms with van der Waals surface area (Å²) in [4.78, 5) is 17.5. The van der Waals surface area contributed by atoms with Crippen molar-refractivity contribution < 1.29 is 4.79 Å². The van der Waals surface area contributed by atoms with Crippen LogP contribution in [0.2, 0.25) is 0 Å². The van der Waals surface area contributed by atoms with Crippen LogP contribution in [0.5, 0.6) is 0 Å². The average molecular weight is 426 g/mol. The Morgan fingerprint density at radius 1 is 0.968 bits per heavy atom. The molecule has 31 heavy (non-hydrogen) atoms. The van der Waals surface area contributed by atoms with Crippen LogP contribution in [0.4, 0.5) is 5.13 Å². The van der Waals surface area contributed by atoms with Gasteiger partial charge in [-0.15, -0.1) is 11.3 Å². The van der Waals surface area contributed by atoms with Crippen LogP contribution in [-0.4, -0.2) is 26.4 Å². The fraction of sp³-hybridized carbons (Fsp3) is 0.0833. The number of hydrogen-bond acceptors (Lipinski definition) is 5. The van der Waals surface area contributed by atoms with Crippen molar-refractivity contribution in [2.24, 2.45) is 5.10 Å². The average Bonchev–Trinajstić information content (AvgIpc) is 3.49. The maximum Gasteiger partial charge on any atom is 0.282 e. The van der Waals surface area contributed by atoms with E-state index in [0.717, 1.165) is 28.2 Å². The highest BCUT2D eigenvalue weighted by atomic mass is 32.1. The van der Waals surface area contributed by atoms with Gasteiger partial charge in [0.25, 0.3) is 5.91 Å². The van der Waals surface area contributed by atoms with Gasteiger partial charge in [0.15, 0.2) is 0 Å². The zero-order valence-corrected chi connectivity index (χ0v) is 17.9. The summed E-state index contributed by atoms with van der Waals surface area (Å²) in [6.45, 7) is 3.74. The van der Waals surface area contributed by atoms with E-state index in [1.807, 2.05) is 96.8 Å². The number of rotatable bonds is 4. The first-order chi connectivity index (χ1) is 15.1. The van der Waals surface area contributed by atoms with Crippen LogP contribution >= 0.6 is 11.3 Å². The maximum absolute atomic E-state index is 13.1. The van der Waals surface area contributed by atoms with Gasteiger partial charge in [-0.3, -0.25) is 4.79 Å². The molecule has 0 saturated carbocycles. The molecule has 3 heterocycles. The Morgan fingerprint density at radius 2 is 1.68 bits per heavy atom. The standard InChI is InChI=1S/C24H19N5OS/c1-16-15-31-24(25-16)29-23(30)21(17(2)26-29)13-19-14-28(20-11-7-4-8-12-20)27-22(19)18-9-5-3-6-10-18/h3-15H,1-2H3/b21-13+. The van der Waals surface area contributed by atoms with Gasteiger partial charge in [0, 0.05) is 22.7 Å². The Labute approximate surface area is 183 Å². The topological polar surface area (TPSA) is 63.4 Å². The molecule has 1 aliphatic heterocycles. The van der Waals surface area contributed by atoms with Crippen LogP contribution in [-0.2, 0) is 4.79 Å². The molecular formula is C24H19N5OS. The van der Waals surface area contributed by atoms with Gasteiger partial charge in [0.2, 0.25) is 5.13 Å². The number of carbonyl (C=O) groups excluding carboxylic acids is 1. The lowest BCUT2D eigenvalue weighted by Crippen LogP contribution is -2.21. The molecule has 7 heteroatoms. The van der Waals surface area contributed by atoms with Crippen molar-refractivity contribution in [3.63, 3.8) is 0 Å². The third-order valence-electron chi connectivity index (χ3n) is 4.96. The zero-order valence-electron chi connectivity index (χ0n) is 17.1. The number of hydrogen-bond donors (Lipinski definition) is 0. The van der Waals surface area contributed by atoms with Gasteiger partial charge in [0.05, 0.1) is 28.4 Å². The summed E-state index contributed by atoms with van der Waals surface area (Å²) in [6.07, 6.45) is 3.82. The van der Waals surface area contributed by atoms with E-state index >= 15 is 0 Å². The fourth-order valence-corrected chi connectivity index (χ4v) is 4.18. The van der Waals surface area contributed by atoms with Gasteiger partial charge in [-0.1, -0.05) is 48.5 Å². The predicted octanol–water partition coefficient (Wildman–Crippen LogP) is 5.11. The number of amides is 1. The molecule has 2 aromatic heterocycles. The molecule has 0 aliphatic carbocycles. The maximum atomic E-state index is 13.1. The first-order valence-electron chi connectivity index (χ1n) is 9.84. The molecular weight excluding hydrogens is 406 g/mol. The van der Waals surface area contributed by atoms with Crippen molar-refractivity contribution in [1.82, 2.24) is 14.8 Å². The Hall–Kier alpha value is -3.84. The predicted molar refractivity (Wildman–Crippen MR) is 124 cm³/mol. The summed E-state index contributed by atoms with van der Waals surface area (Å²) in [5.41, 5.74) is 5.66. The molecule has 0 radical (unpaired) electrons. The highest BCUT2D eigenvalue weighted by Crippen LogP contribution is 2.30. The zero-order chi connectivity index (χ0) is 21.4. The third-order valence-corrected chi connectivity index (χ3v) is 5.89. The van der Waals surface area contributed by atoms with E-state index in [2.05, 4.69) is 10.1 Å². The van der Waals surface area contributed by atoms with E-state index in [1.54, 1.807) is 0 Å². The van der Waals surface area contributed by atoms with E-state index in [4.69, 9.17) is 5.10 Å². The monoisotopic (exact) mass is 425 g/mol. The van der Waals surface area contributed by atoms with Crippen LogP contribution < -0.4 is 5.01 Å². The SMILES string of the molecule is CC1=NN(c2nc(C)cs2)C(=O)/C1=C/c1cn(-c2ccccc2)nc1-c1ccccc1. The minimum absolute atomic E-state index is 0.182. The minimum atomic E-state index is -0.182. The van der Waals surface area contributed by atoms with Crippen LogP contribution in [0.25, 0.3) is 23.0 Å². The second kappa shape index (κ2) is 7.77. The Kier molecular flexibility index (Phi) is 4.80. The quantitative estimate of drug-likeness (QED) is 0.427. The van der Waals surface area contributed by atoms with Crippen LogP contribution in [0, 0.1) is 6.92 Å². The molecule has 0 atom stereocenters. The van der Waals surface area contributed by atoms with Crippen molar-refractivity contribution in [3.05, 3.63) is 89.1 Å². The number of benzene rings is 2. The molecule has 6 nitrogen and oxygen atoms in total. The molecule has 0 bridgehead atoms. The smallest absolute Gasteiger partial charge is 0.267 e. The van der Waals surface area contributed by atoms with E-state index in [1.165, 1.54) is 16.3 Å². The van der Waals surface area contributed by atoms with Crippen LogP contribution in [0.1, 0.15) is 18.2 Å². The first kappa shape index (κ1) is 19.1. The number of aryl methyl sites for hydroxylation is 1. The Balaban J connectivity index is 1.60. The first-order valence-corrected chi connectivity index (χ1v) is 10.7. The minimum Gasteiger partial charge on any atom is -0.267 e. The molecule has 1 aliphatic rings. The molecule has 0 saturated heterocycles. The summed E-state index contributed by atoms with van der Waals surface area (Å²) < 4.78 is 1.84. The van der Waals surface area contributed by atoms with Gasteiger partial charge >= 0.3 is 0 Å². The van der Waals surface area contributed by atoms with Crippen molar-refractivity contribution in [2.75, 3.05) is 5.01 Å². The molecule has 0 unspecified atom stereocenters. The molecule has 5 rings (SSSR count). The normalized spacial score (nSPS) is 15.0. The van der Waals surface area contributed by atoms with E-state index in [9.17, 15) is 4.79 Å². The van der Waals surface area contributed by atoms with Gasteiger partial charge in [-0.05, 0) is 32.1 Å². The fourth-order valence-electron chi connectivity index (χ4n) is 3.43. The Morgan fingerprint density at radius 3 is 2.35 bits per heavy atom. The van der Waals surface area contributed by atoms with E-state index in [0.29, 0.717) is 16.4 Å². The number of anilines is 1. The van der Waals surface area contributed by atoms with Gasteiger partial charge in [-0.2, -0.15) is 15.2 Å². The van der Waals surface area contributed by atoms with Gasteiger partial charge in [0.1, 0.15) is 0 Å². The third kappa shape index (κ3) is 3.60. The number of nitrogens with zero attached hydrogens (tertiary/aromatic N) is 5. The number of carbonyl (C=O) groups is 1. The molecule has 0 N–H and O–H groups in total. The summed E-state index contributed by atoms with van der Waals surface area (Å²) in [7, 11) is 0. The number of para-hydroxylation sites is 1. The van der Waals surface area contributed by atoms with Crippen LogP contribution in [0.3, 0.4) is 0 Å². The molecule has 0 spiro atoms. The lowest BCUT2D eigenvalue weighted by molar-refractivity contribution is -0.114. The van der Waals surface area contributed by atoms with E-state index in [-0.39, 0.29) is 5.91 Å². The lowest BCUT2D eigenvalue weighted by Gasteiger charge is -2.06. The van der Waals surface area contributed by atoms with Gasteiger partial charge < -0.3 is 0 Å². The number of thiazole rings is 1. The number of hydrazone groups is 1. The summed E-state index contributed by atoms with van der Waals surface area (Å²) in [5, 5.41) is 13.1. The Bertz CT molecular complexity index is 1320. The second-order valence-corrected chi connectivity index (χ2v) is 8.05. The summed E-state index contributed by atoms with van der Waals surface area (Å²) in [5.74, 6) is -0.182. The van der Waals surface area contributed by atoms with Crippen molar-refractivity contribution in [3.8, 4) is 16.9 Å². The molecule has 2 aromatic carbocycles. The largest absolute Gasteiger partial charge is 0.282 e. The van der Waals surface area contributed by atoms with Gasteiger partial charge in [-0.25, -0.2) is 9.67 Å². The second-order valence-electron chi connectivity index (χ2n) is 7.21. The molecule has 4 aromatic rings. The highest BCUT2D eigenvalue weighted by molar-refractivity contribution is 7.14. The van der Waals surface area contributed by atoms with Crippen molar-refractivity contribution in [2.45, 2.75) is 13.8 Å². The molecule has 152 valence electrons. The lowest BCUT2D eigenvalue weighted by atomic mass is 10.0. The van der Waals surface area contributed by atoms with E-state index < -0.39 is 0 Å². The van der Waals surface area contributed by atoms with Crippen LogP contribution in [0.15, 0.2) is 82.9 Å².